The number of halogens is 1. The molecule has 0 heterocycles. The van der Waals surface area contributed by atoms with Gasteiger partial charge in [-0.25, -0.2) is 0 Å². The van der Waals surface area contributed by atoms with E-state index >= 15 is 0 Å². The predicted molar refractivity (Wildman–Crippen MR) is 79.0 cm³/mol. The van der Waals surface area contributed by atoms with E-state index in [1.807, 2.05) is 13.8 Å². The largest absolute Gasteiger partial charge is 0.484 e. The van der Waals surface area contributed by atoms with Crippen molar-refractivity contribution in [3.05, 3.63) is 29.8 Å². The third-order valence-electron chi connectivity index (χ3n) is 2.46. The summed E-state index contributed by atoms with van der Waals surface area (Å²) in [5, 5.41) is 2.81. The van der Waals surface area contributed by atoms with Gasteiger partial charge >= 0.3 is 0 Å². The van der Waals surface area contributed by atoms with E-state index in [4.69, 9.17) is 16.2 Å². The van der Waals surface area contributed by atoms with Gasteiger partial charge in [-0.3, -0.25) is 9.59 Å². The molecule has 5 N–H and O–H groups in total. The van der Waals surface area contributed by atoms with Crippen LogP contribution in [-0.2, 0) is 4.79 Å². The van der Waals surface area contributed by atoms with Crippen molar-refractivity contribution >= 4 is 24.2 Å². The number of nitrogens with one attached hydrogen (secondary N) is 1. The fraction of sp³-hybridized carbons (Fsp3) is 0.385. The maximum atomic E-state index is 11.9. The summed E-state index contributed by atoms with van der Waals surface area (Å²) in [7, 11) is 0. The zero-order valence-electron chi connectivity index (χ0n) is 11.5. The van der Waals surface area contributed by atoms with Gasteiger partial charge in [-0.1, -0.05) is 0 Å². The lowest BCUT2D eigenvalue weighted by atomic mass is 10.1. The zero-order valence-corrected chi connectivity index (χ0v) is 12.3. The van der Waals surface area contributed by atoms with Crippen molar-refractivity contribution < 1.29 is 14.3 Å². The molecular weight excluding hydrogens is 282 g/mol. The third-order valence-corrected chi connectivity index (χ3v) is 2.46. The van der Waals surface area contributed by atoms with Gasteiger partial charge < -0.3 is 21.5 Å². The molecule has 0 aliphatic rings. The van der Waals surface area contributed by atoms with Gasteiger partial charge in [0.2, 0.25) is 0 Å². The van der Waals surface area contributed by atoms with Crippen LogP contribution in [0.4, 0.5) is 0 Å². The molecule has 0 aliphatic carbocycles. The van der Waals surface area contributed by atoms with E-state index in [1.54, 1.807) is 24.3 Å². The molecule has 112 valence electrons. The summed E-state index contributed by atoms with van der Waals surface area (Å²) in [6, 6.07) is 6.43. The zero-order chi connectivity index (χ0) is 14.5. The molecule has 0 saturated heterocycles. The molecule has 0 aromatic heterocycles. The fourth-order valence-electron chi connectivity index (χ4n) is 1.29. The number of carbonyl (C=O) groups excluding carboxylic acids is 2. The van der Waals surface area contributed by atoms with E-state index in [-0.39, 0.29) is 24.9 Å². The van der Waals surface area contributed by atoms with Gasteiger partial charge in [0.05, 0.1) is 0 Å². The van der Waals surface area contributed by atoms with E-state index in [0.29, 0.717) is 17.9 Å². The van der Waals surface area contributed by atoms with Gasteiger partial charge in [-0.05, 0) is 38.1 Å². The number of ether oxygens (including phenoxy) is 1. The fourth-order valence-corrected chi connectivity index (χ4v) is 1.29. The minimum Gasteiger partial charge on any atom is -0.484 e. The molecule has 0 aliphatic heterocycles. The van der Waals surface area contributed by atoms with Crippen LogP contribution in [0.15, 0.2) is 24.3 Å². The van der Waals surface area contributed by atoms with Crippen molar-refractivity contribution in [3.8, 4) is 5.75 Å². The molecule has 1 rings (SSSR count). The van der Waals surface area contributed by atoms with Crippen LogP contribution >= 0.6 is 12.4 Å². The smallest absolute Gasteiger partial charge is 0.255 e. The van der Waals surface area contributed by atoms with E-state index in [2.05, 4.69) is 5.32 Å². The van der Waals surface area contributed by atoms with Crippen molar-refractivity contribution in [1.29, 1.82) is 0 Å². The summed E-state index contributed by atoms with van der Waals surface area (Å²) in [4.78, 5) is 22.5. The SMILES string of the molecule is CC(C)(CN)NC(=O)c1ccc(OCC(N)=O)cc1.Cl. The number of rotatable bonds is 6. The molecule has 0 unspecified atom stereocenters. The first-order chi connectivity index (χ1) is 8.84. The second kappa shape index (κ2) is 7.72. The first kappa shape index (κ1) is 18.2. The standard InChI is InChI=1S/C13H19N3O3.ClH/c1-13(2,8-14)16-12(18)9-3-5-10(6-4-9)19-7-11(15)17;/h3-6H,7-8,14H2,1-2H3,(H2,15,17)(H,16,18);1H. The van der Waals surface area contributed by atoms with Gasteiger partial charge in [0.15, 0.2) is 6.61 Å². The Kier molecular flexibility index (Phi) is 7.02. The van der Waals surface area contributed by atoms with Crippen molar-refractivity contribution in [2.24, 2.45) is 11.5 Å². The molecule has 20 heavy (non-hydrogen) atoms. The van der Waals surface area contributed by atoms with Crippen molar-refractivity contribution in [1.82, 2.24) is 5.32 Å². The Bertz CT molecular complexity index is 460. The molecule has 0 saturated carbocycles. The van der Waals surface area contributed by atoms with Crippen molar-refractivity contribution in [3.63, 3.8) is 0 Å². The average molecular weight is 302 g/mol. The highest BCUT2D eigenvalue weighted by molar-refractivity contribution is 5.94. The summed E-state index contributed by atoms with van der Waals surface area (Å²) in [5.74, 6) is -0.281. The molecule has 2 amide bonds. The van der Waals surface area contributed by atoms with Crippen molar-refractivity contribution in [2.45, 2.75) is 19.4 Å². The first-order valence-electron chi connectivity index (χ1n) is 5.88. The Morgan fingerprint density at radius 3 is 2.25 bits per heavy atom. The van der Waals surface area contributed by atoms with Gasteiger partial charge in [-0.15, -0.1) is 12.4 Å². The minimum absolute atomic E-state index is 0. The van der Waals surface area contributed by atoms with Crippen LogP contribution < -0.4 is 21.5 Å². The normalized spacial score (nSPS) is 10.3. The lowest BCUT2D eigenvalue weighted by molar-refractivity contribution is -0.119. The molecule has 0 bridgehead atoms. The summed E-state index contributed by atoms with van der Waals surface area (Å²) >= 11 is 0. The maximum Gasteiger partial charge on any atom is 0.255 e. The van der Waals surface area contributed by atoms with Crippen LogP contribution in [-0.4, -0.2) is 30.5 Å². The number of hydrogen-bond acceptors (Lipinski definition) is 4. The molecule has 7 heteroatoms. The third kappa shape index (κ3) is 5.90. The minimum atomic E-state index is -0.550. The van der Waals surface area contributed by atoms with E-state index in [1.165, 1.54) is 0 Å². The van der Waals surface area contributed by atoms with Gasteiger partial charge in [0, 0.05) is 17.6 Å². The molecule has 0 radical (unpaired) electrons. The van der Waals surface area contributed by atoms with E-state index in [0.717, 1.165) is 0 Å². The Morgan fingerprint density at radius 2 is 1.80 bits per heavy atom. The average Bonchev–Trinajstić information content (AvgIpc) is 2.36. The number of hydrogen-bond donors (Lipinski definition) is 3. The van der Waals surface area contributed by atoms with Crippen LogP contribution in [0, 0.1) is 0 Å². The number of amides is 2. The molecule has 0 atom stereocenters. The predicted octanol–water partition coefficient (Wildman–Crippen LogP) is 0.440. The Hall–Kier alpha value is -1.79. The summed E-state index contributed by atoms with van der Waals surface area (Å²) < 4.78 is 5.10. The van der Waals surface area contributed by atoms with Gasteiger partial charge in [-0.2, -0.15) is 0 Å². The lowest BCUT2D eigenvalue weighted by Crippen LogP contribution is -2.48. The highest BCUT2D eigenvalue weighted by Gasteiger charge is 2.19. The molecular formula is C13H20ClN3O3. The van der Waals surface area contributed by atoms with E-state index < -0.39 is 11.4 Å². The molecule has 0 spiro atoms. The highest BCUT2D eigenvalue weighted by atomic mass is 35.5. The molecule has 6 nitrogen and oxygen atoms in total. The second-order valence-electron chi connectivity index (χ2n) is 4.82. The maximum absolute atomic E-state index is 11.9. The summed E-state index contributed by atoms with van der Waals surface area (Å²) in [6.07, 6.45) is 0. The Morgan fingerprint density at radius 1 is 1.25 bits per heavy atom. The molecule has 0 fully saturated rings. The number of benzene rings is 1. The quantitative estimate of drug-likeness (QED) is 0.708. The van der Waals surface area contributed by atoms with Crippen molar-refractivity contribution in [2.75, 3.05) is 13.2 Å². The number of carbonyl (C=O) groups is 2. The second-order valence-corrected chi connectivity index (χ2v) is 4.82. The lowest BCUT2D eigenvalue weighted by Gasteiger charge is -2.24. The summed E-state index contributed by atoms with van der Waals surface area (Å²) in [5.41, 5.74) is 10.5. The van der Waals surface area contributed by atoms with Gasteiger partial charge in [0.1, 0.15) is 5.75 Å². The Balaban J connectivity index is 0.00000361. The first-order valence-corrected chi connectivity index (χ1v) is 5.88. The van der Waals surface area contributed by atoms with Gasteiger partial charge in [0.25, 0.3) is 11.8 Å². The van der Waals surface area contributed by atoms with Crippen LogP contribution in [0.1, 0.15) is 24.2 Å². The van der Waals surface area contributed by atoms with Crippen LogP contribution in [0.2, 0.25) is 0 Å². The number of nitrogens with two attached hydrogens (primary N) is 2. The van der Waals surface area contributed by atoms with Crippen LogP contribution in [0.5, 0.6) is 5.75 Å². The van der Waals surface area contributed by atoms with Crippen LogP contribution in [0.3, 0.4) is 0 Å². The summed E-state index contributed by atoms with van der Waals surface area (Å²) in [6.45, 7) is 3.84. The molecule has 1 aromatic carbocycles. The monoisotopic (exact) mass is 301 g/mol. The van der Waals surface area contributed by atoms with E-state index in [9.17, 15) is 9.59 Å². The highest BCUT2D eigenvalue weighted by Crippen LogP contribution is 2.13. The molecule has 1 aromatic rings. The topological polar surface area (TPSA) is 107 Å². The van der Waals surface area contributed by atoms with Crippen LogP contribution in [0.25, 0.3) is 0 Å². The Labute approximate surface area is 124 Å². The number of primary amides is 1.